The van der Waals surface area contributed by atoms with E-state index >= 15 is 0 Å². The number of hydrogen-bond acceptors (Lipinski definition) is 4. The maximum absolute atomic E-state index is 5.66. The van der Waals surface area contributed by atoms with Crippen molar-refractivity contribution in [3.05, 3.63) is 46.0 Å². The Bertz CT molecular complexity index is 504. The summed E-state index contributed by atoms with van der Waals surface area (Å²) in [6.07, 6.45) is 1.79. The molecule has 2 aromatic heterocycles. The van der Waals surface area contributed by atoms with Gasteiger partial charge in [-0.3, -0.25) is 4.90 Å². The number of nitrogens with zero attached hydrogens (tertiary/aromatic N) is 1. The van der Waals surface area contributed by atoms with E-state index in [1.54, 1.807) is 17.6 Å². The van der Waals surface area contributed by atoms with Gasteiger partial charge in [0.05, 0.1) is 12.8 Å². The lowest BCUT2D eigenvalue weighted by atomic mass is 10.2. The van der Waals surface area contributed by atoms with Crippen molar-refractivity contribution in [2.24, 2.45) is 0 Å². The van der Waals surface area contributed by atoms with Gasteiger partial charge in [-0.05, 0) is 31.5 Å². The predicted octanol–water partition coefficient (Wildman–Crippen LogP) is 4.03. The smallest absolute Gasteiger partial charge is 0.122 e. The number of hydrogen-bond donors (Lipinski definition) is 1. The second-order valence-electron chi connectivity index (χ2n) is 5.51. The molecule has 2 aromatic rings. The summed E-state index contributed by atoms with van der Waals surface area (Å²) in [7, 11) is 2.15. The minimum atomic E-state index is 0.408. The lowest BCUT2D eigenvalue weighted by Gasteiger charge is -2.23. The highest BCUT2D eigenvalue weighted by atomic mass is 32.1. The van der Waals surface area contributed by atoms with Gasteiger partial charge >= 0.3 is 0 Å². The van der Waals surface area contributed by atoms with E-state index in [1.165, 1.54) is 10.4 Å². The first kappa shape index (κ1) is 15.3. The van der Waals surface area contributed by atoms with Crippen molar-refractivity contribution in [3.8, 4) is 0 Å². The molecule has 0 aliphatic carbocycles. The lowest BCUT2D eigenvalue weighted by molar-refractivity contribution is 0.234. The van der Waals surface area contributed by atoms with Crippen molar-refractivity contribution in [1.82, 2.24) is 10.2 Å². The summed E-state index contributed by atoms with van der Waals surface area (Å²) >= 11 is 1.81. The fourth-order valence-electron chi connectivity index (χ4n) is 2.09. The van der Waals surface area contributed by atoms with E-state index in [0.717, 1.165) is 18.8 Å². The van der Waals surface area contributed by atoms with Crippen molar-refractivity contribution in [2.45, 2.75) is 45.9 Å². The molecule has 2 rings (SSSR count). The zero-order valence-corrected chi connectivity index (χ0v) is 13.5. The average Bonchev–Trinajstić information content (AvgIpc) is 3.06. The summed E-state index contributed by atoms with van der Waals surface area (Å²) in [4.78, 5) is 3.71. The Balaban J connectivity index is 1.97. The third-order valence-corrected chi connectivity index (χ3v) is 4.59. The largest absolute Gasteiger partial charge is 0.468 e. The van der Waals surface area contributed by atoms with E-state index < -0.39 is 0 Å². The van der Waals surface area contributed by atoms with Crippen LogP contribution in [-0.4, -0.2) is 18.0 Å². The molecule has 0 bridgehead atoms. The van der Waals surface area contributed by atoms with Crippen LogP contribution in [0.5, 0.6) is 0 Å². The highest BCUT2D eigenvalue weighted by molar-refractivity contribution is 7.10. The Kier molecular flexibility index (Phi) is 5.40. The molecule has 0 spiro atoms. The van der Waals surface area contributed by atoms with Crippen LogP contribution in [0.15, 0.2) is 34.3 Å². The van der Waals surface area contributed by atoms with Crippen molar-refractivity contribution < 1.29 is 4.42 Å². The Labute approximate surface area is 125 Å². The third kappa shape index (κ3) is 3.95. The molecule has 1 atom stereocenters. The first-order chi connectivity index (χ1) is 9.58. The molecule has 110 valence electrons. The highest BCUT2D eigenvalue weighted by Gasteiger charge is 2.16. The lowest BCUT2D eigenvalue weighted by Crippen LogP contribution is -2.24. The molecule has 0 amide bonds. The molecule has 0 radical (unpaired) electrons. The summed E-state index contributed by atoms with van der Waals surface area (Å²) in [5, 5.41) is 5.57. The van der Waals surface area contributed by atoms with E-state index in [4.69, 9.17) is 4.42 Å². The fourth-order valence-corrected chi connectivity index (χ4v) is 2.94. The average molecular weight is 292 g/mol. The molecule has 0 aliphatic rings. The molecule has 1 unspecified atom stereocenters. The first-order valence-electron chi connectivity index (χ1n) is 7.10. The topological polar surface area (TPSA) is 28.4 Å². The Morgan fingerprint density at radius 2 is 2.10 bits per heavy atom. The van der Waals surface area contributed by atoms with E-state index in [-0.39, 0.29) is 0 Å². The number of furan rings is 1. The van der Waals surface area contributed by atoms with Gasteiger partial charge in [0.1, 0.15) is 5.76 Å². The fraction of sp³-hybridized carbons (Fsp3) is 0.500. The number of nitrogens with one attached hydrogen (secondary N) is 1. The Morgan fingerprint density at radius 3 is 2.75 bits per heavy atom. The first-order valence-corrected chi connectivity index (χ1v) is 7.98. The van der Waals surface area contributed by atoms with Gasteiger partial charge in [-0.15, -0.1) is 11.3 Å². The molecule has 20 heavy (non-hydrogen) atoms. The third-order valence-electron chi connectivity index (χ3n) is 3.55. The molecule has 0 fully saturated rings. The summed E-state index contributed by atoms with van der Waals surface area (Å²) < 4.78 is 5.66. The number of thiophene rings is 1. The second-order valence-corrected chi connectivity index (χ2v) is 6.49. The number of rotatable bonds is 7. The standard InChI is InChI=1S/C16H24N2OS/c1-12(2)17-10-14-7-8-19-15(14)11-18(4)13(3)16-6-5-9-20-16/h5-9,12-13,17H,10-11H2,1-4H3. The van der Waals surface area contributed by atoms with Gasteiger partial charge in [0.15, 0.2) is 0 Å². The van der Waals surface area contributed by atoms with Gasteiger partial charge in [-0.1, -0.05) is 19.9 Å². The van der Waals surface area contributed by atoms with E-state index in [9.17, 15) is 0 Å². The van der Waals surface area contributed by atoms with Crippen LogP contribution in [0.3, 0.4) is 0 Å². The summed E-state index contributed by atoms with van der Waals surface area (Å²) in [5.41, 5.74) is 1.25. The molecule has 4 heteroatoms. The molecule has 1 N–H and O–H groups in total. The van der Waals surface area contributed by atoms with Gasteiger partial charge in [0.2, 0.25) is 0 Å². The summed E-state index contributed by atoms with van der Waals surface area (Å²) in [6.45, 7) is 8.25. The van der Waals surface area contributed by atoms with Crippen LogP contribution in [0, 0.1) is 0 Å². The van der Waals surface area contributed by atoms with Gasteiger partial charge in [0.25, 0.3) is 0 Å². The van der Waals surface area contributed by atoms with Crippen molar-refractivity contribution in [3.63, 3.8) is 0 Å². The van der Waals surface area contributed by atoms with Crippen molar-refractivity contribution in [1.29, 1.82) is 0 Å². The summed E-state index contributed by atoms with van der Waals surface area (Å²) in [5.74, 6) is 1.06. The quantitative estimate of drug-likeness (QED) is 0.835. The van der Waals surface area contributed by atoms with Gasteiger partial charge in [0, 0.05) is 29.1 Å². The molecule has 0 saturated heterocycles. The van der Waals surface area contributed by atoms with E-state index in [1.807, 2.05) is 0 Å². The molecule has 0 aromatic carbocycles. The molecule has 3 nitrogen and oxygen atoms in total. The minimum absolute atomic E-state index is 0.408. The highest BCUT2D eigenvalue weighted by Crippen LogP contribution is 2.25. The minimum Gasteiger partial charge on any atom is -0.468 e. The van der Waals surface area contributed by atoms with Crippen molar-refractivity contribution >= 4 is 11.3 Å². The van der Waals surface area contributed by atoms with Crippen LogP contribution in [0.25, 0.3) is 0 Å². The molecule has 2 heterocycles. The molecular formula is C16H24N2OS. The van der Waals surface area contributed by atoms with Crippen LogP contribution < -0.4 is 5.32 Å². The Hall–Kier alpha value is -1.10. The van der Waals surface area contributed by atoms with Crippen LogP contribution >= 0.6 is 11.3 Å². The van der Waals surface area contributed by atoms with Crippen LogP contribution in [0.4, 0.5) is 0 Å². The SMILES string of the molecule is CC(C)NCc1ccoc1CN(C)C(C)c1cccs1. The van der Waals surface area contributed by atoms with Crippen LogP contribution in [0.1, 0.15) is 43.0 Å². The zero-order chi connectivity index (χ0) is 14.5. The van der Waals surface area contributed by atoms with E-state index in [0.29, 0.717) is 12.1 Å². The maximum Gasteiger partial charge on any atom is 0.122 e. The molecule has 0 aliphatic heterocycles. The van der Waals surface area contributed by atoms with Gasteiger partial charge < -0.3 is 9.73 Å². The van der Waals surface area contributed by atoms with Crippen LogP contribution in [-0.2, 0) is 13.1 Å². The van der Waals surface area contributed by atoms with Gasteiger partial charge in [-0.25, -0.2) is 0 Å². The maximum atomic E-state index is 5.66. The molecule has 0 saturated carbocycles. The van der Waals surface area contributed by atoms with Crippen molar-refractivity contribution in [2.75, 3.05) is 7.05 Å². The second kappa shape index (κ2) is 7.07. The monoisotopic (exact) mass is 292 g/mol. The van der Waals surface area contributed by atoms with Gasteiger partial charge in [-0.2, -0.15) is 0 Å². The zero-order valence-electron chi connectivity index (χ0n) is 12.7. The van der Waals surface area contributed by atoms with Crippen LogP contribution in [0.2, 0.25) is 0 Å². The predicted molar refractivity (Wildman–Crippen MR) is 84.9 cm³/mol. The molecular weight excluding hydrogens is 268 g/mol. The normalized spacial score (nSPS) is 13.3. The Morgan fingerprint density at radius 1 is 1.30 bits per heavy atom. The van der Waals surface area contributed by atoms with E-state index in [2.05, 4.69) is 61.6 Å². The summed E-state index contributed by atoms with van der Waals surface area (Å²) in [6, 6.07) is 7.25.